The molecule has 1 N–H and O–H groups in total. The van der Waals surface area contributed by atoms with Gasteiger partial charge in [-0.25, -0.2) is 0 Å². The number of carbonyl (C=O) groups is 1. The maximum absolute atomic E-state index is 11.6. The monoisotopic (exact) mass is 962 g/mol. The summed E-state index contributed by atoms with van der Waals surface area (Å²) >= 11 is 22.9. The van der Waals surface area contributed by atoms with Crippen LogP contribution in [0, 0.1) is 0 Å². The minimum atomic E-state index is -3.02. The molecule has 0 aromatic carbocycles. The third kappa shape index (κ3) is 33.8. The summed E-state index contributed by atoms with van der Waals surface area (Å²) in [4.78, 5) is 11.6. The van der Waals surface area contributed by atoms with Crippen molar-refractivity contribution in [2.45, 2.75) is 227 Å². The van der Waals surface area contributed by atoms with Gasteiger partial charge >= 0.3 is 5.97 Å². The first kappa shape index (κ1) is 58.2. The maximum Gasteiger partial charge on any atom is 0.304 e. The summed E-state index contributed by atoms with van der Waals surface area (Å²) in [7, 11) is 0. The van der Waals surface area contributed by atoms with E-state index in [0.29, 0.717) is 18.1 Å². The summed E-state index contributed by atoms with van der Waals surface area (Å²) in [5.74, 6) is -0.0191. The van der Waals surface area contributed by atoms with Crippen LogP contribution >= 0.6 is 51.2 Å². The lowest BCUT2D eigenvalue weighted by molar-refractivity contribution is -0.136. The lowest BCUT2D eigenvalue weighted by Crippen LogP contribution is -2.18. The molecule has 0 aromatic rings. The summed E-state index contributed by atoms with van der Waals surface area (Å²) in [5, 5.41) is 9.52. The lowest BCUT2D eigenvalue weighted by Gasteiger charge is -2.32. The van der Waals surface area contributed by atoms with Crippen molar-refractivity contribution >= 4 is 92.6 Å². The Kier molecular flexibility index (Phi) is 36.1. The molecule has 0 rings (SSSR count). The van der Waals surface area contributed by atoms with Crippen LogP contribution in [-0.2, 0) is 67.4 Å². The van der Waals surface area contributed by atoms with E-state index in [0.717, 1.165) is 38.5 Å². The van der Waals surface area contributed by atoms with Crippen LogP contribution in [0.25, 0.3) is 0 Å². The second kappa shape index (κ2) is 34.7. The van der Waals surface area contributed by atoms with Crippen LogP contribution in [0.3, 0.4) is 0 Å². The summed E-state index contributed by atoms with van der Waals surface area (Å²) in [6.45, 7) is 20.7. The number of carboxylic acid groups (broad SMARTS) is 1. The topological polar surface area (TPSA) is 92.7 Å². The number of hydrogen-bond donors (Lipinski definition) is 1. The average molecular weight is 963 g/mol. The highest BCUT2D eigenvalue weighted by Gasteiger charge is 2.33. The van der Waals surface area contributed by atoms with E-state index in [1.54, 1.807) is 11.4 Å². The number of hydrogen-bond acceptors (Lipinski definition) is 13. The predicted octanol–water partition coefficient (Wildman–Crippen LogP) is 15.9. The molecule has 0 radical (unpaired) electrons. The third-order valence-corrected chi connectivity index (χ3v) is 24.7. The summed E-state index contributed by atoms with van der Waals surface area (Å²) in [6.07, 6.45) is 20.5. The summed E-state index contributed by atoms with van der Waals surface area (Å²) in [5.41, 5.74) is -8.40. The van der Waals surface area contributed by atoms with Crippen molar-refractivity contribution in [2.75, 3.05) is 18.1 Å². The molecular weight excluding hydrogens is 882 g/mol. The van der Waals surface area contributed by atoms with Gasteiger partial charge in [0.15, 0.2) is 0 Å². The van der Waals surface area contributed by atoms with Crippen LogP contribution in [0.5, 0.6) is 0 Å². The smallest absolute Gasteiger partial charge is 0.304 e. The molecule has 3 atom stereocenters. The van der Waals surface area contributed by atoms with E-state index in [1.807, 2.05) is 55.4 Å². The molecule has 336 valence electrons. The Bertz CT molecular complexity index is 1110. The molecule has 56 heavy (non-hydrogen) atoms. The van der Waals surface area contributed by atoms with Gasteiger partial charge in [-0.1, -0.05) is 151 Å². The average Bonchev–Trinajstić information content (AvgIpc) is 3.06. The van der Waals surface area contributed by atoms with E-state index < -0.39 is 23.0 Å². The van der Waals surface area contributed by atoms with Gasteiger partial charge < -0.3 is 32.2 Å². The number of rotatable bonds is 40. The third-order valence-electron chi connectivity index (χ3n) is 8.08. The van der Waals surface area contributed by atoms with Gasteiger partial charge in [-0.3, -0.25) is 4.79 Å². The van der Waals surface area contributed by atoms with Gasteiger partial charge in [-0.05, 0) is 104 Å². The maximum atomic E-state index is 11.6. The van der Waals surface area contributed by atoms with Crippen molar-refractivity contribution in [1.82, 2.24) is 0 Å². The molecular formula is C39H81O8P3S6. The highest BCUT2D eigenvalue weighted by Crippen LogP contribution is 2.68. The largest absolute Gasteiger partial charge is 0.481 e. The van der Waals surface area contributed by atoms with Crippen LogP contribution in [-0.4, -0.2) is 65.0 Å². The highest BCUT2D eigenvalue weighted by molar-refractivity contribution is 8.69. The van der Waals surface area contributed by atoms with Crippen molar-refractivity contribution in [1.29, 1.82) is 0 Å². The fourth-order valence-corrected chi connectivity index (χ4v) is 23.3. The second-order valence-corrected chi connectivity index (χ2v) is 34.6. The Morgan fingerprint density at radius 2 is 0.964 bits per heavy atom. The Hall–Kier alpha value is 2.23. The fourth-order valence-electron chi connectivity index (χ4n) is 5.59. The highest BCUT2D eigenvalue weighted by atomic mass is 32.9. The summed E-state index contributed by atoms with van der Waals surface area (Å²) < 4.78 is 38.8. The quantitative estimate of drug-likeness (QED) is 0.0466. The fraction of sp³-hybridized carbons (Fsp3) is 0.974. The number of aliphatic carboxylic acids is 1. The van der Waals surface area contributed by atoms with Gasteiger partial charge in [0, 0.05) is 16.8 Å². The minimum absolute atomic E-state index is 0.0185. The van der Waals surface area contributed by atoms with Crippen LogP contribution in [0.2, 0.25) is 0 Å². The molecule has 0 heterocycles. The molecule has 8 nitrogen and oxygen atoms in total. The van der Waals surface area contributed by atoms with Gasteiger partial charge in [0.05, 0.1) is 43.5 Å². The first-order valence-electron chi connectivity index (χ1n) is 21.4. The zero-order chi connectivity index (χ0) is 42.5. The van der Waals surface area contributed by atoms with E-state index in [2.05, 4.69) is 13.8 Å². The molecule has 0 saturated carbocycles. The van der Waals surface area contributed by atoms with Gasteiger partial charge in [-0.2, -0.15) is 0 Å². The van der Waals surface area contributed by atoms with Crippen molar-refractivity contribution in [2.24, 2.45) is 0 Å². The van der Waals surface area contributed by atoms with Crippen molar-refractivity contribution < 1.29 is 37.0 Å². The van der Waals surface area contributed by atoms with E-state index in [-0.39, 0.29) is 42.2 Å². The molecule has 0 amide bonds. The molecule has 3 unspecified atom stereocenters. The number of carboxylic acids is 1. The van der Waals surface area contributed by atoms with Crippen LogP contribution < -0.4 is 0 Å². The van der Waals surface area contributed by atoms with Gasteiger partial charge in [0.25, 0.3) is 0 Å². The standard InChI is InChI=1S/C39H81O8P3S6/c1-11-13-15-17-19-21-23-25-27-37(32-55-49(52,43-33(3)4)44-34(5)6)47-48(51,54-30-29-39(40)41)42-31-38(28-26-24-22-20-18-16-14-12-2)56-50(53,45-35(7)8)46-36(9)10/h33-38H,11-32H2,1-10H3,(H,40,41). The molecule has 0 aliphatic rings. The molecule has 0 saturated heterocycles. The van der Waals surface area contributed by atoms with E-state index in [4.69, 9.17) is 62.6 Å². The molecule has 0 aliphatic heterocycles. The van der Waals surface area contributed by atoms with E-state index in [9.17, 15) is 9.90 Å². The SMILES string of the molecule is CCCCCCCCCCC(CSP(=S)(OC(C)C)OC(C)C)OP(=S)(OCC(CCCCCCCCCC)SP(=S)(OC(C)C)OC(C)C)SCCC(=O)O. The zero-order valence-corrected chi connectivity index (χ0v) is 44.2. The summed E-state index contributed by atoms with van der Waals surface area (Å²) in [6, 6.07) is 0. The first-order chi connectivity index (χ1) is 26.4. The molecule has 0 aromatic heterocycles. The minimum Gasteiger partial charge on any atom is -0.481 e. The molecule has 0 spiro atoms. The van der Waals surface area contributed by atoms with Crippen molar-refractivity contribution in [3.63, 3.8) is 0 Å². The first-order valence-corrected chi connectivity index (χ1v) is 34.0. The van der Waals surface area contributed by atoms with Crippen LogP contribution in [0.1, 0.15) is 191 Å². The molecule has 0 aliphatic carbocycles. The van der Waals surface area contributed by atoms with Gasteiger partial charge in [0.1, 0.15) is 0 Å². The van der Waals surface area contributed by atoms with Crippen molar-refractivity contribution in [3.05, 3.63) is 0 Å². The second-order valence-electron chi connectivity index (χ2n) is 15.5. The number of unbranched alkanes of at least 4 members (excludes halogenated alkanes) is 14. The van der Waals surface area contributed by atoms with Crippen molar-refractivity contribution in [3.8, 4) is 0 Å². The van der Waals surface area contributed by atoms with Gasteiger partial charge in [0.2, 0.25) is 17.1 Å². The predicted molar refractivity (Wildman–Crippen MR) is 262 cm³/mol. The Labute approximate surface area is 372 Å². The molecule has 17 heteroatoms. The normalized spacial score (nSPS) is 15.0. The molecule has 0 bridgehead atoms. The van der Waals surface area contributed by atoms with E-state index >= 15 is 0 Å². The Balaban J connectivity index is 6.30. The lowest BCUT2D eigenvalue weighted by atomic mass is 10.1. The Morgan fingerprint density at radius 3 is 1.39 bits per heavy atom. The van der Waals surface area contributed by atoms with Crippen LogP contribution in [0.4, 0.5) is 0 Å². The Morgan fingerprint density at radius 1 is 0.554 bits per heavy atom. The van der Waals surface area contributed by atoms with E-state index in [1.165, 1.54) is 99.8 Å². The van der Waals surface area contributed by atoms with Crippen LogP contribution in [0.15, 0.2) is 0 Å². The zero-order valence-electron chi connectivity index (χ0n) is 36.6. The molecule has 0 fully saturated rings. The van der Waals surface area contributed by atoms with Gasteiger partial charge in [-0.15, -0.1) is 0 Å².